The van der Waals surface area contributed by atoms with Gasteiger partial charge in [-0.2, -0.15) is 0 Å². The first-order valence-electron chi connectivity index (χ1n) is 16.2. The summed E-state index contributed by atoms with van der Waals surface area (Å²) in [4.78, 5) is 43.4. The van der Waals surface area contributed by atoms with Crippen molar-refractivity contribution in [3.05, 3.63) is 93.0 Å². The molecule has 2 aliphatic carbocycles. The normalized spacial score (nSPS) is 27.0. The summed E-state index contributed by atoms with van der Waals surface area (Å²) in [7, 11) is 1.82. The molecule has 10 heteroatoms. The lowest BCUT2D eigenvalue weighted by molar-refractivity contribution is -0.223. The van der Waals surface area contributed by atoms with Gasteiger partial charge in [-0.3, -0.25) is 19.3 Å². The van der Waals surface area contributed by atoms with E-state index in [4.69, 9.17) is 37.4 Å². The number of amides is 1. The fourth-order valence-electron chi connectivity index (χ4n) is 8.98. The number of carbonyl (C=O) groups excluding carboxylic acids is 3. The molecule has 1 spiro atoms. The lowest BCUT2D eigenvalue weighted by atomic mass is 9.48. The number of likely N-dealkylation sites (tertiary alicyclic amines) is 1. The van der Waals surface area contributed by atoms with E-state index in [1.54, 1.807) is 23.1 Å². The highest BCUT2D eigenvalue weighted by molar-refractivity contribution is 6.42. The fourth-order valence-corrected chi connectivity index (χ4v) is 9.30. The Bertz CT molecular complexity index is 1750. The average Bonchev–Trinajstić information content (AvgIpc) is 3.38. The van der Waals surface area contributed by atoms with Crippen LogP contribution in [-0.2, 0) is 43.8 Å². The summed E-state index contributed by atoms with van der Waals surface area (Å²) in [5.41, 5.74) is 2.44. The largest absolute Gasteiger partial charge is 0.483 e. The van der Waals surface area contributed by atoms with Crippen LogP contribution in [0.15, 0.2) is 60.7 Å². The predicted molar refractivity (Wildman–Crippen MR) is 178 cm³/mol. The van der Waals surface area contributed by atoms with Crippen LogP contribution in [0, 0.1) is 0 Å². The first-order valence-corrected chi connectivity index (χ1v) is 17.0. The van der Waals surface area contributed by atoms with Gasteiger partial charge in [0.1, 0.15) is 11.7 Å². The number of rotatable bonds is 8. The predicted octanol–water partition coefficient (Wildman–Crippen LogP) is 5.96. The number of halogens is 2. The maximum absolute atomic E-state index is 13.9. The monoisotopic (exact) mass is 676 g/mol. The molecule has 2 aliphatic heterocycles. The quantitative estimate of drug-likeness (QED) is 0.215. The summed E-state index contributed by atoms with van der Waals surface area (Å²) in [6, 6.07) is 19.1. The molecule has 8 nitrogen and oxygen atoms in total. The number of nitrogens with zero attached hydrogens (tertiary/aromatic N) is 2. The Balaban J connectivity index is 1.30. The van der Waals surface area contributed by atoms with Gasteiger partial charge in [-0.05, 0) is 73.5 Å². The molecule has 4 aliphatic rings. The summed E-state index contributed by atoms with van der Waals surface area (Å²) < 4.78 is 19.2. The molecule has 7 rings (SSSR count). The molecule has 2 heterocycles. The van der Waals surface area contributed by atoms with Crippen molar-refractivity contribution in [2.24, 2.45) is 0 Å². The Morgan fingerprint density at radius 2 is 1.77 bits per heavy atom. The second-order valence-electron chi connectivity index (χ2n) is 13.3. The molecular formula is C37H38Cl2N2O6. The van der Waals surface area contributed by atoms with Gasteiger partial charge in [0, 0.05) is 33.0 Å². The molecule has 2 fully saturated rings. The molecule has 0 unspecified atom stereocenters. The zero-order valence-electron chi connectivity index (χ0n) is 26.8. The first kappa shape index (κ1) is 32.0. The minimum absolute atomic E-state index is 0.0857. The average molecular weight is 678 g/mol. The molecule has 0 radical (unpaired) electrons. The van der Waals surface area contributed by atoms with E-state index < -0.39 is 23.1 Å². The van der Waals surface area contributed by atoms with E-state index in [1.807, 2.05) is 25.2 Å². The zero-order valence-corrected chi connectivity index (χ0v) is 28.3. The van der Waals surface area contributed by atoms with Crippen LogP contribution in [-0.4, -0.2) is 71.6 Å². The van der Waals surface area contributed by atoms with Gasteiger partial charge in [0.05, 0.1) is 34.0 Å². The van der Waals surface area contributed by atoms with Gasteiger partial charge in [0.25, 0.3) is 0 Å². The van der Waals surface area contributed by atoms with Crippen LogP contribution in [0.2, 0.25) is 10.0 Å². The maximum Gasteiger partial charge on any atom is 0.308 e. The third-order valence-electron chi connectivity index (χ3n) is 10.8. The van der Waals surface area contributed by atoms with Crippen molar-refractivity contribution in [1.29, 1.82) is 0 Å². The zero-order chi connectivity index (χ0) is 33.1. The Hall–Kier alpha value is -3.59. The molecule has 0 aromatic heterocycles. The van der Waals surface area contributed by atoms with Crippen LogP contribution in [0.1, 0.15) is 55.4 Å². The van der Waals surface area contributed by atoms with E-state index in [0.29, 0.717) is 47.2 Å². The van der Waals surface area contributed by atoms with Crippen molar-refractivity contribution in [2.75, 3.05) is 20.1 Å². The molecule has 1 amide bonds. The van der Waals surface area contributed by atoms with Gasteiger partial charge < -0.3 is 19.1 Å². The van der Waals surface area contributed by atoms with Crippen LogP contribution in [0.3, 0.4) is 0 Å². The van der Waals surface area contributed by atoms with Crippen molar-refractivity contribution in [3.8, 4) is 11.5 Å². The molecule has 3 aromatic rings. The number of piperidine rings is 1. The van der Waals surface area contributed by atoms with Gasteiger partial charge in [-0.25, -0.2) is 0 Å². The van der Waals surface area contributed by atoms with Gasteiger partial charge in [-0.15, -0.1) is 0 Å². The molecule has 5 atom stereocenters. The van der Waals surface area contributed by atoms with E-state index in [0.717, 1.165) is 36.2 Å². The lowest BCUT2D eigenvalue weighted by Crippen LogP contribution is -2.79. The molecule has 246 valence electrons. The van der Waals surface area contributed by atoms with Gasteiger partial charge in [-0.1, -0.05) is 65.7 Å². The Morgan fingerprint density at radius 1 is 0.979 bits per heavy atom. The van der Waals surface area contributed by atoms with Crippen molar-refractivity contribution in [1.82, 2.24) is 9.80 Å². The number of esters is 2. The van der Waals surface area contributed by atoms with E-state index in [9.17, 15) is 14.4 Å². The highest BCUT2D eigenvalue weighted by atomic mass is 35.5. The molecule has 47 heavy (non-hydrogen) atoms. The van der Waals surface area contributed by atoms with E-state index in [2.05, 4.69) is 29.2 Å². The summed E-state index contributed by atoms with van der Waals surface area (Å²) in [6.07, 6.45) is 2.94. The molecule has 3 aromatic carbocycles. The van der Waals surface area contributed by atoms with Gasteiger partial charge in [0.15, 0.2) is 11.5 Å². The highest BCUT2D eigenvalue weighted by Crippen LogP contribution is 2.67. The number of likely N-dealkylation sites (N-methyl/N-ethyl adjacent to an activating group) is 1. The van der Waals surface area contributed by atoms with Crippen LogP contribution in [0.25, 0.3) is 0 Å². The number of benzene rings is 3. The van der Waals surface area contributed by atoms with Crippen molar-refractivity contribution >= 4 is 41.0 Å². The summed E-state index contributed by atoms with van der Waals surface area (Å²) >= 11 is 12.4. The number of hydrogen-bond acceptors (Lipinski definition) is 7. The standard InChI is InChI=1S/C37H38Cl2N2O6/c1-22(42)45-30-12-10-26-21-31-37(47-23(2)43)15-13-29(40(3)32(44)20-25-9-11-27(38)28(39)19-25)35-36(37,33(26)34(30)46-35)16-18-41(31)17-14-24-7-5-4-6-8-24/h4-12,19,29,31,35H,13-18,20-21H2,1-3H3/t29-,31+,35-,36-,37+/m0/s1. The van der Waals surface area contributed by atoms with Gasteiger partial charge in [0.2, 0.25) is 5.91 Å². The number of ether oxygens (including phenoxy) is 3. The lowest BCUT2D eigenvalue weighted by Gasteiger charge is -2.65. The van der Waals surface area contributed by atoms with E-state index in [1.165, 1.54) is 19.4 Å². The van der Waals surface area contributed by atoms with Crippen molar-refractivity contribution in [3.63, 3.8) is 0 Å². The highest BCUT2D eigenvalue weighted by Gasteiger charge is 2.75. The molecule has 1 saturated heterocycles. The summed E-state index contributed by atoms with van der Waals surface area (Å²) in [5, 5.41) is 0.831. The van der Waals surface area contributed by atoms with Crippen LogP contribution in [0.5, 0.6) is 11.5 Å². The second kappa shape index (κ2) is 12.1. The molecule has 0 N–H and O–H groups in total. The SMILES string of the molecule is CC(=O)Oc1ccc2c3c1O[C@H]1[C@@H](N(C)C(=O)Cc4ccc(Cl)c(Cl)c4)CC[C@@]4(OC(C)=O)[C@@H](C2)N(CCc2ccccc2)CC[C@]314. The topological polar surface area (TPSA) is 85.4 Å². The molecule has 2 bridgehead atoms. The minimum atomic E-state index is -0.893. The van der Waals surface area contributed by atoms with E-state index >= 15 is 0 Å². The molecular weight excluding hydrogens is 639 g/mol. The van der Waals surface area contributed by atoms with E-state index in [-0.39, 0.29) is 30.4 Å². The maximum atomic E-state index is 13.9. The van der Waals surface area contributed by atoms with Crippen LogP contribution < -0.4 is 9.47 Å². The van der Waals surface area contributed by atoms with Crippen LogP contribution >= 0.6 is 23.2 Å². The minimum Gasteiger partial charge on any atom is -0.483 e. The van der Waals surface area contributed by atoms with Crippen LogP contribution in [0.4, 0.5) is 0 Å². The third kappa shape index (κ3) is 5.20. The first-order chi connectivity index (χ1) is 22.5. The second-order valence-corrected chi connectivity index (χ2v) is 14.1. The smallest absolute Gasteiger partial charge is 0.308 e. The Kier molecular flexibility index (Phi) is 8.26. The number of carbonyl (C=O) groups is 3. The summed E-state index contributed by atoms with van der Waals surface area (Å²) in [5.74, 6) is 0.00203. The summed E-state index contributed by atoms with van der Waals surface area (Å²) in [6.45, 7) is 4.43. The van der Waals surface area contributed by atoms with Gasteiger partial charge >= 0.3 is 11.9 Å². The van der Waals surface area contributed by atoms with Crippen molar-refractivity contribution in [2.45, 2.75) is 81.6 Å². The number of hydrogen-bond donors (Lipinski definition) is 0. The third-order valence-corrected chi connectivity index (χ3v) is 11.6. The molecule has 1 saturated carbocycles. The Labute approximate surface area is 284 Å². The fraction of sp³-hybridized carbons (Fsp3) is 0.432. The van der Waals surface area contributed by atoms with Crippen molar-refractivity contribution < 1.29 is 28.6 Å². The Morgan fingerprint density at radius 3 is 2.49 bits per heavy atom.